The van der Waals surface area contributed by atoms with Gasteiger partial charge in [0.15, 0.2) is 11.6 Å². The summed E-state index contributed by atoms with van der Waals surface area (Å²) < 4.78 is 25.3. The summed E-state index contributed by atoms with van der Waals surface area (Å²) in [6.07, 6.45) is 0.537. The number of ketones is 2. The first-order valence-corrected chi connectivity index (χ1v) is 10.5. The van der Waals surface area contributed by atoms with Crippen molar-refractivity contribution in [3.8, 4) is 0 Å². The zero-order valence-corrected chi connectivity index (χ0v) is 17.3. The SMILES string of the molecule is CCC(=O)c1c(CC(=O)c2ccc(S(=O)(=O)N(C)C)cc2)sc(C)c1C. The second-order valence-corrected chi connectivity index (χ2v) is 9.73. The van der Waals surface area contributed by atoms with Crippen LogP contribution in [0.25, 0.3) is 0 Å². The lowest BCUT2D eigenvalue weighted by Gasteiger charge is -2.11. The zero-order chi connectivity index (χ0) is 19.6. The highest BCUT2D eigenvalue weighted by atomic mass is 32.2. The van der Waals surface area contributed by atoms with E-state index in [1.807, 2.05) is 20.8 Å². The molecule has 0 aliphatic carbocycles. The van der Waals surface area contributed by atoms with Gasteiger partial charge in [-0.1, -0.05) is 19.1 Å². The lowest BCUT2D eigenvalue weighted by molar-refractivity contribution is 0.0986. The maximum absolute atomic E-state index is 12.6. The van der Waals surface area contributed by atoms with E-state index in [1.54, 1.807) is 0 Å². The summed E-state index contributed by atoms with van der Waals surface area (Å²) in [6.45, 7) is 5.66. The number of hydrogen-bond donors (Lipinski definition) is 0. The van der Waals surface area contributed by atoms with Crippen molar-refractivity contribution in [1.82, 2.24) is 4.31 Å². The maximum atomic E-state index is 12.6. The summed E-state index contributed by atoms with van der Waals surface area (Å²) in [5, 5.41) is 0. The van der Waals surface area contributed by atoms with Crippen molar-refractivity contribution in [3.63, 3.8) is 0 Å². The number of rotatable bonds is 7. The number of sulfonamides is 1. The van der Waals surface area contributed by atoms with E-state index in [2.05, 4.69) is 0 Å². The average Bonchev–Trinajstić information content (AvgIpc) is 2.88. The Balaban J connectivity index is 2.29. The normalized spacial score (nSPS) is 11.8. The highest BCUT2D eigenvalue weighted by Gasteiger charge is 2.21. The minimum atomic E-state index is -3.52. The summed E-state index contributed by atoms with van der Waals surface area (Å²) in [6, 6.07) is 5.91. The standard InChI is InChI=1S/C19H23NO4S2/c1-6-16(21)19-12(2)13(3)25-18(19)11-17(22)14-7-9-15(10-8-14)26(23,24)20(4)5/h7-10H,6,11H2,1-5H3. The van der Waals surface area contributed by atoms with Crippen LogP contribution in [0.2, 0.25) is 0 Å². The van der Waals surface area contributed by atoms with Crippen molar-refractivity contribution in [2.24, 2.45) is 0 Å². The van der Waals surface area contributed by atoms with E-state index in [0.29, 0.717) is 17.5 Å². The van der Waals surface area contributed by atoms with Gasteiger partial charge < -0.3 is 0 Å². The monoisotopic (exact) mass is 393 g/mol. The van der Waals surface area contributed by atoms with Gasteiger partial charge in [0.1, 0.15) is 0 Å². The second kappa shape index (κ2) is 7.82. The largest absolute Gasteiger partial charge is 0.294 e. The molecule has 0 aliphatic rings. The molecule has 0 aliphatic heterocycles. The lowest BCUT2D eigenvalue weighted by atomic mass is 9.99. The zero-order valence-electron chi connectivity index (χ0n) is 15.6. The van der Waals surface area contributed by atoms with E-state index in [4.69, 9.17) is 0 Å². The van der Waals surface area contributed by atoms with Gasteiger partial charge in [-0.05, 0) is 31.5 Å². The van der Waals surface area contributed by atoms with Gasteiger partial charge in [0, 0.05) is 47.8 Å². The van der Waals surface area contributed by atoms with Crippen LogP contribution in [0.3, 0.4) is 0 Å². The Kier molecular flexibility index (Phi) is 6.16. The van der Waals surface area contributed by atoms with Gasteiger partial charge in [-0.15, -0.1) is 11.3 Å². The molecule has 26 heavy (non-hydrogen) atoms. The number of hydrogen-bond acceptors (Lipinski definition) is 5. The van der Waals surface area contributed by atoms with Gasteiger partial charge in [-0.3, -0.25) is 9.59 Å². The molecule has 1 aromatic carbocycles. The Bertz CT molecular complexity index is 939. The molecule has 0 N–H and O–H groups in total. The smallest absolute Gasteiger partial charge is 0.242 e. The van der Waals surface area contributed by atoms with Crippen LogP contribution < -0.4 is 0 Å². The fourth-order valence-electron chi connectivity index (χ4n) is 2.63. The van der Waals surface area contributed by atoms with Gasteiger partial charge in [0.25, 0.3) is 0 Å². The number of nitrogens with zero attached hydrogens (tertiary/aromatic N) is 1. The predicted octanol–water partition coefficient (Wildman–Crippen LogP) is 3.63. The Morgan fingerprint density at radius 3 is 2.12 bits per heavy atom. The quantitative estimate of drug-likeness (QED) is 0.674. The Labute approximate surface area is 158 Å². The molecular formula is C19H23NO4S2. The summed E-state index contributed by atoms with van der Waals surface area (Å²) in [5.74, 6) is -0.0905. The van der Waals surface area contributed by atoms with E-state index >= 15 is 0 Å². The van der Waals surface area contributed by atoms with Crippen molar-refractivity contribution in [3.05, 3.63) is 50.7 Å². The van der Waals surface area contributed by atoms with Gasteiger partial charge in [-0.25, -0.2) is 12.7 Å². The van der Waals surface area contributed by atoms with Crippen molar-refractivity contribution >= 4 is 32.9 Å². The third-order valence-corrected chi connectivity index (χ3v) is 7.37. The van der Waals surface area contributed by atoms with E-state index in [-0.39, 0.29) is 22.9 Å². The predicted molar refractivity (Wildman–Crippen MR) is 104 cm³/mol. The molecule has 2 rings (SSSR count). The molecule has 0 saturated heterocycles. The molecule has 0 amide bonds. The van der Waals surface area contributed by atoms with E-state index < -0.39 is 10.0 Å². The van der Waals surface area contributed by atoms with E-state index in [0.717, 1.165) is 19.6 Å². The fraction of sp³-hybridized carbons (Fsp3) is 0.368. The van der Waals surface area contributed by atoms with Gasteiger partial charge in [0.2, 0.25) is 10.0 Å². The van der Waals surface area contributed by atoms with Gasteiger partial charge in [0.05, 0.1) is 4.90 Å². The Morgan fingerprint density at radius 2 is 1.62 bits per heavy atom. The molecule has 0 spiro atoms. The second-order valence-electron chi connectivity index (χ2n) is 6.27. The van der Waals surface area contributed by atoms with Gasteiger partial charge in [-0.2, -0.15) is 0 Å². The molecule has 1 aromatic heterocycles. The first-order chi connectivity index (χ1) is 12.1. The first-order valence-electron chi connectivity index (χ1n) is 8.27. The number of benzene rings is 1. The van der Waals surface area contributed by atoms with Crippen LogP contribution in [0, 0.1) is 13.8 Å². The molecule has 2 aromatic rings. The fourth-order valence-corrected chi connectivity index (χ4v) is 4.73. The van der Waals surface area contributed by atoms with E-state index in [1.165, 1.54) is 49.7 Å². The van der Waals surface area contributed by atoms with Crippen LogP contribution in [-0.4, -0.2) is 38.4 Å². The number of carbonyl (C=O) groups is 2. The molecule has 5 nitrogen and oxygen atoms in total. The minimum absolute atomic E-state index is 0.0436. The third kappa shape index (κ3) is 3.95. The summed E-state index contributed by atoms with van der Waals surface area (Å²) >= 11 is 1.47. The van der Waals surface area contributed by atoms with Crippen molar-refractivity contribution in [2.75, 3.05) is 14.1 Å². The maximum Gasteiger partial charge on any atom is 0.242 e. The molecule has 0 unspecified atom stereocenters. The number of aryl methyl sites for hydroxylation is 1. The molecule has 0 saturated carbocycles. The van der Waals surface area contributed by atoms with Crippen LogP contribution in [0.1, 0.15) is 49.4 Å². The Hall–Kier alpha value is -1.83. The third-order valence-electron chi connectivity index (χ3n) is 4.33. The topological polar surface area (TPSA) is 71.5 Å². The van der Waals surface area contributed by atoms with E-state index in [9.17, 15) is 18.0 Å². The van der Waals surface area contributed by atoms with Crippen molar-refractivity contribution in [2.45, 2.75) is 38.5 Å². The summed E-state index contributed by atoms with van der Waals surface area (Å²) in [7, 11) is -0.602. The van der Waals surface area contributed by atoms with Crippen LogP contribution in [-0.2, 0) is 16.4 Å². The summed E-state index contributed by atoms with van der Waals surface area (Å²) in [5.41, 5.74) is 2.04. The average molecular weight is 394 g/mol. The number of Topliss-reactive ketones (excluding diaryl/α,β-unsaturated/α-hetero) is 2. The number of thiophene rings is 1. The molecule has 1 heterocycles. The molecule has 0 radical (unpaired) electrons. The molecule has 0 bridgehead atoms. The highest BCUT2D eigenvalue weighted by Crippen LogP contribution is 2.30. The molecular weight excluding hydrogens is 370 g/mol. The van der Waals surface area contributed by atoms with Gasteiger partial charge >= 0.3 is 0 Å². The number of carbonyl (C=O) groups excluding carboxylic acids is 2. The Morgan fingerprint density at radius 1 is 1.04 bits per heavy atom. The lowest BCUT2D eigenvalue weighted by Crippen LogP contribution is -2.22. The molecule has 0 fully saturated rings. The first kappa shape index (κ1) is 20.5. The summed E-state index contributed by atoms with van der Waals surface area (Å²) in [4.78, 5) is 26.8. The van der Waals surface area contributed by atoms with Crippen molar-refractivity contribution < 1.29 is 18.0 Å². The highest BCUT2D eigenvalue weighted by molar-refractivity contribution is 7.89. The minimum Gasteiger partial charge on any atom is -0.294 e. The van der Waals surface area contributed by atoms with Crippen LogP contribution in [0.15, 0.2) is 29.2 Å². The molecule has 7 heteroatoms. The van der Waals surface area contributed by atoms with Crippen LogP contribution in [0.5, 0.6) is 0 Å². The van der Waals surface area contributed by atoms with Crippen molar-refractivity contribution in [1.29, 1.82) is 0 Å². The molecule has 140 valence electrons. The van der Waals surface area contributed by atoms with Crippen LogP contribution >= 0.6 is 11.3 Å². The molecule has 0 atom stereocenters. The van der Waals surface area contributed by atoms with Crippen LogP contribution in [0.4, 0.5) is 0 Å².